The Labute approximate surface area is 112 Å². The molecule has 3 heteroatoms. The lowest BCUT2D eigenvalue weighted by Gasteiger charge is -2.15. The highest BCUT2D eigenvalue weighted by Gasteiger charge is 2.14. The number of aryl methyl sites for hydroxylation is 3. The summed E-state index contributed by atoms with van der Waals surface area (Å²) < 4.78 is 0. The molecule has 1 aromatic carbocycles. The van der Waals surface area contributed by atoms with Crippen LogP contribution in [0.1, 0.15) is 34.2 Å². The number of rotatable bonds is 2. The highest BCUT2D eigenvalue weighted by atomic mass is 35.5. The fraction of sp³-hybridized carbons (Fsp3) is 0.267. The highest BCUT2D eigenvalue weighted by Crippen LogP contribution is 2.27. The summed E-state index contributed by atoms with van der Waals surface area (Å²) in [5.41, 5.74) is 4.41. The van der Waals surface area contributed by atoms with Crippen LogP contribution >= 0.6 is 11.6 Å². The molecular formula is C15H16ClNO. The van der Waals surface area contributed by atoms with Crippen LogP contribution in [-0.2, 0) is 0 Å². The van der Waals surface area contributed by atoms with E-state index < -0.39 is 6.10 Å². The molecule has 1 unspecified atom stereocenters. The van der Waals surface area contributed by atoms with Crippen LogP contribution in [0.15, 0.2) is 30.3 Å². The topological polar surface area (TPSA) is 33.1 Å². The fourth-order valence-corrected chi connectivity index (χ4v) is 2.13. The summed E-state index contributed by atoms with van der Waals surface area (Å²) >= 11 is 6.08. The van der Waals surface area contributed by atoms with Crippen molar-refractivity contribution >= 4 is 11.6 Å². The SMILES string of the molecule is Cc1ccc(C(O)c2ccc(C)c(Cl)c2)c(C)n1. The fourth-order valence-electron chi connectivity index (χ4n) is 1.95. The number of hydrogen-bond acceptors (Lipinski definition) is 2. The van der Waals surface area contributed by atoms with Crippen molar-refractivity contribution in [2.45, 2.75) is 26.9 Å². The van der Waals surface area contributed by atoms with E-state index >= 15 is 0 Å². The van der Waals surface area contributed by atoms with Crippen LogP contribution in [0.5, 0.6) is 0 Å². The van der Waals surface area contributed by atoms with Gasteiger partial charge in [0.25, 0.3) is 0 Å². The minimum Gasteiger partial charge on any atom is -0.384 e. The van der Waals surface area contributed by atoms with Crippen molar-refractivity contribution in [2.24, 2.45) is 0 Å². The summed E-state index contributed by atoms with van der Waals surface area (Å²) in [6.45, 7) is 5.78. The second-order valence-electron chi connectivity index (χ2n) is 4.54. The van der Waals surface area contributed by atoms with Gasteiger partial charge in [-0.3, -0.25) is 4.98 Å². The Hall–Kier alpha value is -1.38. The van der Waals surface area contributed by atoms with E-state index in [0.29, 0.717) is 5.02 Å². The van der Waals surface area contributed by atoms with E-state index in [-0.39, 0.29) is 0 Å². The number of nitrogens with zero attached hydrogens (tertiary/aromatic N) is 1. The van der Waals surface area contributed by atoms with E-state index in [1.54, 1.807) is 6.07 Å². The maximum Gasteiger partial charge on any atom is 0.106 e. The van der Waals surface area contributed by atoms with Gasteiger partial charge < -0.3 is 5.11 Å². The van der Waals surface area contributed by atoms with E-state index in [4.69, 9.17) is 11.6 Å². The molecule has 0 amide bonds. The first-order chi connectivity index (χ1) is 8.49. The molecule has 0 aliphatic carbocycles. The summed E-state index contributed by atoms with van der Waals surface area (Å²) in [4.78, 5) is 4.37. The standard InChI is InChI=1S/C15H16ClNO/c1-9-4-6-12(8-14(9)16)15(18)13-7-5-10(2)17-11(13)3/h4-8,15,18H,1-3H3. The molecule has 18 heavy (non-hydrogen) atoms. The largest absolute Gasteiger partial charge is 0.384 e. The van der Waals surface area contributed by atoms with Crippen molar-refractivity contribution in [3.63, 3.8) is 0 Å². The van der Waals surface area contributed by atoms with Crippen LogP contribution in [-0.4, -0.2) is 10.1 Å². The average Bonchev–Trinajstić information content (AvgIpc) is 2.32. The van der Waals surface area contributed by atoms with Crippen molar-refractivity contribution in [2.75, 3.05) is 0 Å². The lowest BCUT2D eigenvalue weighted by Crippen LogP contribution is -2.04. The van der Waals surface area contributed by atoms with E-state index in [9.17, 15) is 5.11 Å². The summed E-state index contributed by atoms with van der Waals surface area (Å²) in [6, 6.07) is 9.43. The van der Waals surface area contributed by atoms with Gasteiger partial charge in [-0.1, -0.05) is 29.8 Å². The van der Waals surface area contributed by atoms with Crippen molar-refractivity contribution in [3.8, 4) is 0 Å². The summed E-state index contributed by atoms with van der Waals surface area (Å²) in [5.74, 6) is 0. The predicted octanol–water partition coefficient (Wildman–Crippen LogP) is 3.74. The molecule has 2 aromatic rings. The van der Waals surface area contributed by atoms with Gasteiger partial charge in [-0.05, 0) is 44.0 Å². The summed E-state index contributed by atoms with van der Waals surface area (Å²) in [7, 11) is 0. The molecule has 1 heterocycles. The molecule has 0 saturated heterocycles. The number of benzene rings is 1. The third-order valence-electron chi connectivity index (χ3n) is 3.07. The Bertz CT molecular complexity index is 581. The second kappa shape index (κ2) is 5.09. The lowest BCUT2D eigenvalue weighted by atomic mass is 9.99. The van der Waals surface area contributed by atoms with Gasteiger partial charge in [0.1, 0.15) is 6.10 Å². The number of halogens is 1. The monoisotopic (exact) mass is 261 g/mol. The van der Waals surface area contributed by atoms with Gasteiger partial charge >= 0.3 is 0 Å². The summed E-state index contributed by atoms with van der Waals surface area (Å²) in [6.07, 6.45) is -0.684. The molecule has 0 aliphatic heterocycles. The number of hydrogen-bond donors (Lipinski definition) is 1. The van der Waals surface area contributed by atoms with Crippen LogP contribution in [0.4, 0.5) is 0 Å². The average molecular weight is 262 g/mol. The van der Waals surface area contributed by atoms with Crippen molar-refractivity contribution < 1.29 is 5.11 Å². The Morgan fingerprint density at radius 2 is 1.83 bits per heavy atom. The van der Waals surface area contributed by atoms with E-state index in [0.717, 1.165) is 28.1 Å². The van der Waals surface area contributed by atoms with Crippen molar-refractivity contribution in [1.82, 2.24) is 4.98 Å². The molecule has 1 aromatic heterocycles. The molecular weight excluding hydrogens is 246 g/mol. The first kappa shape index (κ1) is 13.1. The first-order valence-corrected chi connectivity index (χ1v) is 6.25. The Balaban J connectivity index is 2.41. The number of aliphatic hydroxyl groups excluding tert-OH is 1. The van der Waals surface area contributed by atoms with Gasteiger partial charge in [0.05, 0.1) is 0 Å². The smallest absolute Gasteiger partial charge is 0.106 e. The Morgan fingerprint density at radius 3 is 2.44 bits per heavy atom. The normalized spacial score (nSPS) is 12.5. The predicted molar refractivity (Wildman–Crippen MR) is 74.0 cm³/mol. The van der Waals surface area contributed by atoms with Crippen LogP contribution < -0.4 is 0 Å². The molecule has 0 radical (unpaired) electrons. The van der Waals surface area contributed by atoms with Gasteiger partial charge in [0.2, 0.25) is 0 Å². The van der Waals surface area contributed by atoms with Crippen LogP contribution in [0.2, 0.25) is 5.02 Å². The molecule has 2 nitrogen and oxygen atoms in total. The molecule has 0 bridgehead atoms. The number of pyridine rings is 1. The summed E-state index contributed by atoms with van der Waals surface area (Å²) in [5, 5.41) is 11.1. The second-order valence-corrected chi connectivity index (χ2v) is 4.95. The first-order valence-electron chi connectivity index (χ1n) is 5.87. The van der Waals surface area contributed by atoms with Gasteiger partial charge in [0.15, 0.2) is 0 Å². The minimum atomic E-state index is -0.684. The number of aromatic nitrogens is 1. The Kier molecular flexibility index (Phi) is 3.69. The minimum absolute atomic E-state index is 0.671. The maximum atomic E-state index is 10.4. The highest BCUT2D eigenvalue weighted by molar-refractivity contribution is 6.31. The third kappa shape index (κ3) is 2.55. The molecule has 0 spiro atoms. The van der Waals surface area contributed by atoms with E-state index in [1.165, 1.54) is 0 Å². The van der Waals surface area contributed by atoms with E-state index in [2.05, 4.69) is 4.98 Å². The molecule has 94 valence electrons. The molecule has 1 atom stereocenters. The van der Waals surface area contributed by atoms with Crippen LogP contribution in [0, 0.1) is 20.8 Å². The van der Waals surface area contributed by atoms with Gasteiger partial charge in [-0.15, -0.1) is 0 Å². The molecule has 0 saturated carbocycles. The molecule has 1 N–H and O–H groups in total. The third-order valence-corrected chi connectivity index (χ3v) is 3.48. The zero-order chi connectivity index (χ0) is 13.3. The molecule has 2 rings (SSSR count). The zero-order valence-electron chi connectivity index (χ0n) is 10.7. The van der Waals surface area contributed by atoms with Crippen LogP contribution in [0.25, 0.3) is 0 Å². The van der Waals surface area contributed by atoms with Crippen molar-refractivity contribution in [1.29, 1.82) is 0 Å². The molecule has 0 aliphatic rings. The Morgan fingerprint density at radius 1 is 1.11 bits per heavy atom. The molecule has 0 fully saturated rings. The van der Waals surface area contributed by atoms with Gasteiger partial charge in [0, 0.05) is 22.0 Å². The zero-order valence-corrected chi connectivity index (χ0v) is 11.5. The van der Waals surface area contributed by atoms with Crippen LogP contribution in [0.3, 0.4) is 0 Å². The van der Waals surface area contributed by atoms with Gasteiger partial charge in [-0.2, -0.15) is 0 Å². The maximum absolute atomic E-state index is 10.4. The van der Waals surface area contributed by atoms with Crippen molar-refractivity contribution in [3.05, 3.63) is 63.4 Å². The number of aliphatic hydroxyl groups is 1. The van der Waals surface area contributed by atoms with E-state index in [1.807, 2.05) is 45.0 Å². The quantitative estimate of drug-likeness (QED) is 0.893. The van der Waals surface area contributed by atoms with Gasteiger partial charge in [-0.25, -0.2) is 0 Å². The lowest BCUT2D eigenvalue weighted by molar-refractivity contribution is 0.219.